The second-order valence-corrected chi connectivity index (χ2v) is 4.46. The number of amides is 1. The molecule has 1 aromatic rings. The molecule has 0 aliphatic carbocycles. The van der Waals surface area contributed by atoms with Gasteiger partial charge >= 0.3 is 0 Å². The summed E-state index contributed by atoms with van der Waals surface area (Å²) >= 11 is 0. The summed E-state index contributed by atoms with van der Waals surface area (Å²) in [6.45, 7) is 6.41. The number of carbonyl (C=O) groups is 1. The fourth-order valence-corrected chi connectivity index (χ4v) is 1.28. The molecule has 0 fully saturated rings. The predicted molar refractivity (Wildman–Crippen MR) is 61.2 cm³/mol. The molecular formula is C12H16N2O. The van der Waals surface area contributed by atoms with Gasteiger partial charge in [-0.3, -0.25) is 10.2 Å². The lowest BCUT2D eigenvalue weighted by Gasteiger charge is -2.19. The highest BCUT2D eigenvalue weighted by molar-refractivity contribution is 6.01. The van der Waals surface area contributed by atoms with Crippen LogP contribution < -0.4 is 5.32 Å². The Bertz CT molecular complexity index is 360. The number of carbonyl (C=O) groups excluding carboxylic acids is 1. The van der Waals surface area contributed by atoms with Crippen molar-refractivity contribution in [1.29, 1.82) is 5.41 Å². The largest absolute Gasteiger partial charge is 0.313 e. The number of hydrogen-bond acceptors (Lipinski definition) is 2. The molecule has 1 rings (SSSR count). The molecule has 3 heteroatoms. The molecule has 0 aromatic heterocycles. The topological polar surface area (TPSA) is 53.0 Å². The van der Waals surface area contributed by atoms with E-state index in [1.165, 1.54) is 5.56 Å². The number of rotatable bonds is 2. The predicted octanol–water partition coefficient (Wildman–Crippen LogP) is 2.06. The molecule has 2 N–H and O–H groups in total. The van der Waals surface area contributed by atoms with Crippen molar-refractivity contribution in [2.24, 2.45) is 0 Å². The fraction of sp³-hybridized carbons (Fsp3) is 0.333. The number of hydrogen-bond donors (Lipinski definition) is 2. The maximum atomic E-state index is 10.2. The van der Waals surface area contributed by atoms with Crippen LogP contribution in [0, 0.1) is 5.41 Å². The molecule has 1 amide bonds. The van der Waals surface area contributed by atoms with Crippen LogP contribution in [0.25, 0.3) is 0 Å². The molecule has 0 unspecified atom stereocenters. The molecule has 0 heterocycles. The minimum atomic E-state index is 0.110. The first-order valence-corrected chi connectivity index (χ1v) is 4.85. The van der Waals surface area contributed by atoms with Crippen LogP contribution in [0.5, 0.6) is 0 Å². The Hall–Kier alpha value is -1.64. The van der Waals surface area contributed by atoms with Gasteiger partial charge < -0.3 is 5.32 Å². The average Bonchev–Trinajstić information content (AvgIpc) is 2.17. The average molecular weight is 204 g/mol. The zero-order valence-electron chi connectivity index (χ0n) is 9.29. The van der Waals surface area contributed by atoms with Crippen LogP contribution in [0.3, 0.4) is 0 Å². The molecule has 0 saturated heterocycles. The summed E-state index contributed by atoms with van der Waals surface area (Å²) < 4.78 is 0. The fourth-order valence-electron chi connectivity index (χ4n) is 1.28. The van der Waals surface area contributed by atoms with Gasteiger partial charge in [0.1, 0.15) is 5.84 Å². The SMILES string of the molecule is CC(C)(C)c1ccc(C(=N)NC=O)cc1. The normalized spacial score (nSPS) is 10.9. The van der Waals surface area contributed by atoms with Gasteiger partial charge in [-0.2, -0.15) is 0 Å². The van der Waals surface area contributed by atoms with Crippen molar-refractivity contribution in [3.63, 3.8) is 0 Å². The number of nitrogens with one attached hydrogen (secondary N) is 2. The zero-order valence-corrected chi connectivity index (χ0v) is 9.29. The standard InChI is InChI=1S/C12H16N2O/c1-12(2,3)10-6-4-9(5-7-10)11(13)14-8-15/h4-8H,1-3H3,(H2,13,14,15). The van der Waals surface area contributed by atoms with E-state index in [-0.39, 0.29) is 11.3 Å². The molecular weight excluding hydrogens is 188 g/mol. The third-order valence-electron chi connectivity index (χ3n) is 2.24. The van der Waals surface area contributed by atoms with E-state index in [0.29, 0.717) is 6.41 Å². The lowest BCUT2D eigenvalue weighted by Crippen LogP contribution is -2.21. The van der Waals surface area contributed by atoms with Crippen LogP contribution in [-0.2, 0) is 10.2 Å². The van der Waals surface area contributed by atoms with Gasteiger partial charge in [-0.25, -0.2) is 0 Å². The van der Waals surface area contributed by atoms with Gasteiger partial charge in [-0.1, -0.05) is 45.0 Å². The van der Waals surface area contributed by atoms with Crippen molar-refractivity contribution in [3.8, 4) is 0 Å². The zero-order chi connectivity index (χ0) is 11.5. The van der Waals surface area contributed by atoms with E-state index in [1.807, 2.05) is 24.3 Å². The van der Waals surface area contributed by atoms with Crippen molar-refractivity contribution in [2.45, 2.75) is 26.2 Å². The summed E-state index contributed by atoms with van der Waals surface area (Å²) in [7, 11) is 0. The minimum absolute atomic E-state index is 0.110. The summed E-state index contributed by atoms with van der Waals surface area (Å²) in [4.78, 5) is 10.2. The van der Waals surface area contributed by atoms with E-state index in [2.05, 4.69) is 26.1 Å². The van der Waals surface area contributed by atoms with Crippen LogP contribution >= 0.6 is 0 Å². The van der Waals surface area contributed by atoms with E-state index in [1.54, 1.807) is 0 Å². The summed E-state index contributed by atoms with van der Waals surface area (Å²) in [6, 6.07) is 7.66. The molecule has 0 spiro atoms. The van der Waals surface area contributed by atoms with Gasteiger partial charge in [-0.15, -0.1) is 0 Å². The molecule has 15 heavy (non-hydrogen) atoms. The molecule has 0 atom stereocenters. The molecule has 0 aliphatic heterocycles. The van der Waals surface area contributed by atoms with Crippen LogP contribution in [0.1, 0.15) is 31.9 Å². The highest BCUT2D eigenvalue weighted by Gasteiger charge is 2.13. The molecule has 80 valence electrons. The Morgan fingerprint density at radius 3 is 2.20 bits per heavy atom. The van der Waals surface area contributed by atoms with Crippen molar-refractivity contribution >= 4 is 12.2 Å². The molecule has 0 aliphatic rings. The maximum Gasteiger partial charge on any atom is 0.212 e. The Balaban J connectivity index is 2.90. The first kappa shape index (κ1) is 11.4. The van der Waals surface area contributed by atoms with E-state index in [0.717, 1.165) is 5.56 Å². The first-order chi connectivity index (χ1) is 6.95. The number of benzene rings is 1. The van der Waals surface area contributed by atoms with Gasteiger partial charge in [0.15, 0.2) is 0 Å². The van der Waals surface area contributed by atoms with Crippen LogP contribution in [0.15, 0.2) is 24.3 Å². The lowest BCUT2D eigenvalue weighted by molar-refractivity contribution is -0.108. The van der Waals surface area contributed by atoms with Gasteiger partial charge in [0.05, 0.1) is 0 Å². The van der Waals surface area contributed by atoms with Gasteiger partial charge in [0.25, 0.3) is 0 Å². The first-order valence-electron chi connectivity index (χ1n) is 4.85. The van der Waals surface area contributed by atoms with Gasteiger partial charge in [0.2, 0.25) is 6.41 Å². The quantitative estimate of drug-likeness (QED) is 0.432. The van der Waals surface area contributed by atoms with Crippen LogP contribution in [-0.4, -0.2) is 12.2 Å². The monoisotopic (exact) mass is 204 g/mol. The molecule has 3 nitrogen and oxygen atoms in total. The van der Waals surface area contributed by atoms with Gasteiger partial charge in [-0.05, 0) is 11.0 Å². The van der Waals surface area contributed by atoms with Crippen molar-refractivity contribution < 1.29 is 4.79 Å². The van der Waals surface area contributed by atoms with Crippen molar-refractivity contribution in [3.05, 3.63) is 35.4 Å². The second-order valence-electron chi connectivity index (χ2n) is 4.46. The van der Waals surface area contributed by atoms with E-state index >= 15 is 0 Å². The highest BCUT2D eigenvalue weighted by atomic mass is 16.1. The Labute approximate surface area is 90.0 Å². The Morgan fingerprint density at radius 2 is 1.80 bits per heavy atom. The molecule has 0 saturated carbocycles. The third-order valence-corrected chi connectivity index (χ3v) is 2.24. The summed E-state index contributed by atoms with van der Waals surface area (Å²) in [5.74, 6) is 0.130. The lowest BCUT2D eigenvalue weighted by atomic mass is 9.86. The Morgan fingerprint density at radius 1 is 1.27 bits per heavy atom. The number of amidine groups is 1. The highest BCUT2D eigenvalue weighted by Crippen LogP contribution is 2.21. The summed E-state index contributed by atoms with van der Waals surface area (Å²) in [5, 5.41) is 9.84. The van der Waals surface area contributed by atoms with Crippen molar-refractivity contribution in [2.75, 3.05) is 0 Å². The minimum Gasteiger partial charge on any atom is -0.313 e. The molecule has 0 radical (unpaired) electrons. The second kappa shape index (κ2) is 4.26. The molecule has 1 aromatic carbocycles. The van der Waals surface area contributed by atoms with E-state index in [4.69, 9.17) is 5.41 Å². The summed E-state index contributed by atoms with van der Waals surface area (Å²) in [5.41, 5.74) is 2.04. The summed E-state index contributed by atoms with van der Waals surface area (Å²) in [6.07, 6.45) is 0.514. The van der Waals surface area contributed by atoms with E-state index in [9.17, 15) is 4.79 Å². The third kappa shape index (κ3) is 2.91. The Kier molecular flexibility index (Phi) is 3.24. The van der Waals surface area contributed by atoms with Crippen molar-refractivity contribution in [1.82, 2.24) is 5.32 Å². The van der Waals surface area contributed by atoms with Crippen LogP contribution in [0.4, 0.5) is 0 Å². The van der Waals surface area contributed by atoms with Gasteiger partial charge in [0, 0.05) is 5.56 Å². The molecule has 0 bridgehead atoms. The van der Waals surface area contributed by atoms with Crippen LogP contribution in [0.2, 0.25) is 0 Å². The maximum absolute atomic E-state index is 10.2. The smallest absolute Gasteiger partial charge is 0.212 e. The van der Waals surface area contributed by atoms with E-state index < -0.39 is 0 Å².